The molecule has 1 saturated carbocycles. The van der Waals surface area contributed by atoms with Gasteiger partial charge in [0, 0.05) is 49.6 Å². The maximum absolute atomic E-state index is 13.2. The molecule has 1 N–H and O–H groups in total. The van der Waals surface area contributed by atoms with Crippen LogP contribution >= 0.6 is 0 Å². The summed E-state index contributed by atoms with van der Waals surface area (Å²) in [6.07, 6.45) is 10.2. The third-order valence-corrected chi connectivity index (χ3v) is 6.76. The maximum Gasteiger partial charge on any atom is 0.248 e. The summed E-state index contributed by atoms with van der Waals surface area (Å²) in [6, 6.07) is 9.42. The van der Waals surface area contributed by atoms with E-state index in [1.807, 2.05) is 54.2 Å². The highest BCUT2D eigenvalue weighted by Gasteiger charge is 2.45. The zero-order valence-electron chi connectivity index (χ0n) is 20.3. The van der Waals surface area contributed by atoms with Crippen LogP contribution in [0.2, 0.25) is 0 Å². The minimum Gasteiger partial charge on any atom is -0.455 e. The zero-order chi connectivity index (χ0) is 25.9. The van der Waals surface area contributed by atoms with Crippen LogP contribution in [-0.2, 0) is 6.54 Å². The number of rotatable bonds is 6. The van der Waals surface area contributed by atoms with E-state index in [9.17, 15) is 8.78 Å². The summed E-state index contributed by atoms with van der Waals surface area (Å²) in [5.41, 5.74) is 5.14. The number of aryl methyl sites for hydroxylation is 1. The number of ether oxygens (including phenoxy) is 1. The monoisotopic (exact) mass is 512 g/mol. The van der Waals surface area contributed by atoms with E-state index >= 15 is 0 Å². The molecule has 0 radical (unpaired) electrons. The highest BCUT2D eigenvalue weighted by Crippen LogP contribution is 2.43. The van der Waals surface area contributed by atoms with Crippen molar-refractivity contribution in [3.8, 4) is 28.4 Å². The summed E-state index contributed by atoms with van der Waals surface area (Å²) in [7, 11) is 0. The molecule has 0 saturated heterocycles. The van der Waals surface area contributed by atoms with Crippen molar-refractivity contribution in [2.75, 3.05) is 0 Å². The molecule has 7 rings (SSSR count). The molecule has 1 fully saturated rings. The van der Waals surface area contributed by atoms with Crippen molar-refractivity contribution in [1.82, 2.24) is 39.3 Å². The van der Waals surface area contributed by atoms with Gasteiger partial charge in [-0.1, -0.05) is 0 Å². The molecule has 6 aromatic rings. The van der Waals surface area contributed by atoms with Gasteiger partial charge >= 0.3 is 0 Å². The van der Waals surface area contributed by atoms with Crippen molar-refractivity contribution in [2.45, 2.75) is 32.2 Å². The Bertz CT molecular complexity index is 1780. The lowest BCUT2D eigenvalue weighted by Crippen LogP contribution is -2.37. The van der Waals surface area contributed by atoms with E-state index in [2.05, 4.69) is 25.0 Å². The summed E-state index contributed by atoms with van der Waals surface area (Å²) in [5, 5.41) is 4.37. The average Bonchev–Trinajstić information content (AvgIpc) is 3.63. The number of benzene rings is 2. The van der Waals surface area contributed by atoms with Gasteiger partial charge in [0.05, 0.1) is 41.0 Å². The molecule has 0 bridgehead atoms. The third kappa shape index (κ3) is 4.05. The Morgan fingerprint density at radius 1 is 1.11 bits per heavy atom. The predicted octanol–water partition coefficient (Wildman–Crippen LogP) is 5.70. The molecular formula is C27H22F2N8O. The Hall–Kier alpha value is -4.67. The SMILES string of the molecule is Cc1nc2ccc(Oc3ccc4ncc(-c5cnn(CC6CC(F)(F)C6)c5)nc4c3-n3ccnc3)cc2[nH]1. The van der Waals surface area contributed by atoms with Crippen LogP contribution in [0.25, 0.3) is 39.0 Å². The molecule has 0 unspecified atom stereocenters. The summed E-state index contributed by atoms with van der Waals surface area (Å²) in [5.74, 6) is -0.554. The van der Waals surface area contributed by atoms with Crippen LogP contribution in [0.1, 0.15) is 18.7 Å². The molecule has 4 aromatic heterocycles. The first kappa shape index (κ1) is 22.5. The van der Waals surface area contributed by atoms with E-state index in [4.69, 9.17) is 9.72 Å². The van der Waals surface area contributed by atoms with Crippen LogP contribution in [0.4, 0.5) is 8.78 Å². The molecule has 1 aliphatic rings. The second-order valence-electron chi connectivity index (χ2n) is 9.69. The van der Waals surface area contributed by atoms with Gasteiger partial charge < -0.3 is 14.3 Å². The largest absolute Gasteiger partial charge is 0.455 e. The van der Waals surface area contributed by atoms with E-state index in [1.165, 1.54) is 0 Å². The fraction of sp³-hybridized carbons (Fsp3) is 0.222. The quantitative estimate of drug-likeness (QED) is 0.307. The number of hydrogen-bond acceptors (Lipinski definition) is 6. The van der Waals surface area contributed by atoms with Gasteiger partial charge in [-0.25, -0.2) is 23.7 Å². The van der Waals surface area contributed by atoms with Gasteiger partial charge in [0.1, 0.15) is 22.8 Å². The minimum absolute atomic E-state index is 0.0714. The number of aromatic nitrogens is 8. The summed E-state index contributed by atoms with van der Waals surface area (Å²) < 4.78 is 36.4. The number of halogens is 2. The molecule has 1 aliphatic carbocycles. The molecule has 190 valence electrons. The van der Waals surface area contributed by atoms with Gasteiger partial charge in [-0.15, -0.1) is 0 Å². The molecule has 9 nitrogen and oxygen atoms in total. The molecule has 2 aromatic carbocycles. The Morgan fingerprint density at radius 2 is 1.97 bits per heavy atom. The van der Waals surface area contributed by atoms with Crippen LogP contribution in [0.3, 0.4) is 0 Å². The van der Waals surface area contributed by atoms with Crippen molar-refractivity contribution in [2.24, 2.45) is 5.92 Å². The predicted molar refractivity (Wildman–Crippen MR) is 136 cm³/mol. The number of nitrogens with zero attached hydrogens (tertiary/aromatic N) is 7. The summed E-state index contributed by atoms with van der Waals surface area (Å²) in [4.78, 5) is 21.5. The van der Waals surface area contributed by atoms with Gasteiger partial charge in [-0.2, -0.15) is 5.10 Å². The van der Waals surface area contributed by atoms with Crippen molar-refractivity contribution in [3.63, 3.8) is 0 Å². The standard InChI is InChI=1S/C27H22F2N8O/c1-16-33-20-3-2-19(8-22(20)34-16)38-24-5-4-21-25(26(24)36-7-6-30-15-36)35-23(12-31-21)18-11-32-37(14-18)13-17-9-27(28,29)10-17/h2-8,11-12,14-15,17H,9-10,13H2,1H3,(H,33,34). The molecule has 0 aliphatic heterocycles. The molecule has 38 heavy (non-hydrogen) atoms. The number of alkyl halides is 2. The minimum atomic E-state index is -2.54. The number of imidazole rings is 2. The lowest BCUT2D eigenvalue weighted by molar-refractivity contribution is -0.114. The molecule has 0 spiro atoms. The van der Waals surface area contributed by atoms with E-state index in [1.54, 1.807) is 29.6 Å². The van der Waals surface area contributed by atoms with Crippen LogP contribution in [0, 0.1) is 12.8 Å². The lowest BCUT2D eigenvalue weighted by atomic mass is 9.81. The fourth-order valence-electron chi connectivity index (χ4n) is 4.99. The van der Waals surface area contributed by atoms with Crippen molar-refractivity contribution in [1.29, 1.82) is 0 Å². The second kappa shape index (κ2) is 8.44. The van der Waals surface area contributed by atoms with Crippen LogP contribution in [-0.4, -0.2) is 45.2 Å². The number of aromatic amines is 1. The Labute approximate surface area is 215 Å². The summed E-state index contributed by atoms with van der Waals surface area (Å²) in [6.45, 7) is 2.36. The Balaban J connectivity index is 1.26. The number of fused-ring (bicyclic) bond motifs is 2. The van der Waals surface area contributed by atoms with E-state index < -0.39 is 5.92 Å². The smallest absolute Gasteiger partial charge is 0.248 e. The molecule has 0 amide bonds. The second-order valence-corrected chi connectivity index (χ2v) is 9.69. The van der Waals surface area contributed by atoms with Gasteiger partial charge in [-0.05, 0) is 37.1 Å². The summed E-state index contributed by atoms with van der Waals surface area (Å²) >= 11 is 0. The van der Waals surface area contributed by atoms with E-state index in [0.717, 1.165) is 22.4 Å². The van der Waals surface area contributed by atoms with Crippen LogP contribution in [0.15, 0.2) is 67.6 Å². The maximum atomic E-state index is 13.2. The first-order valence-corrected chi connectivity index (χ1v) is 12.2. The topological polar surface area (TPSA) is 99.3 Å². The molecular weight excluding hydrogens is 490 g/mol. The van der Waals surface area contributed by atoms with E-state index in [0.29, 0.717) is 40.5 Å². The number of hydrogen-bond donors (Lipinski definition) is 1. The fourth-order valence-corrected chi connectivity index (χ4v) is 4.99. The Kier molecular flexibility index (Phi) is 5.00. The first-order chi connectivity index (χ1) is 18.4. The molecule has 11 heteroatoms. The lowest BCUT2D eigenvalue weighted by Gasteiger charge is -2.34. The van der Waals surface area contributed by atoms with Crippen LogP contribution < -0.4 is 4.74 Å². The molecule has 4 heterocycles. The van der Waals surface area contributed by atoms with Crippen molar-refractivity contribution in [3.05, 3.63) is 73.5 Å². The number of nitrogens with one attached hydrogen (secondary N) is 1. The average molecular weight is 513 g/mol. The number of H-pyrrole nitrogens is 1. The first-order valence-electron chi connectivity index (χ1n) is 12.2. The highest BCUT2D eigenvalue weighted by atomic mass is 19.3. The highest BCUT2D eigenvalue weighted by molar-refractivity contribution is 5.88. The van der Waals surface area contributed by atoms with Gasteiger partial charge in [0.2, 0.25) is 5.92 Å². The zero-order valence-corrected chi connectivity index (χ0v) is 20.3. The van der Waals surface area contributed by atoms with Crippen molar-refractivity contribution < 1.29 is 13.5 Å². The van der Waals surface area contributed by atoms with Crippen LogP contribution in [0.5, 0.6) is 11.5 Å². The van der Waals surface area contributed by atoms with E-state index in [-0.39, 0.29) is 18.8 Å². The Morgan fingerprint density at radius 3 is 2.79 bits per heavy atom. The normalized spacial score (nSPS) is 15.2. The van der Waals surface area contributed by atoms with Crippen molar-refractivity contribution >= 4 is 22.1 Å². The third-order valence-electron chi connectivity index (χ3n) is 6.76. The van der Waals surface area contributed by atoms with Gasteiger partial charge in [-0.3, -0.25) is 9.67 Å². The van der Waals surface area contributed by atoms with Gasteiger partial charge in [0.15, 0.2) is 5.75 Å². The van der Waals surface area contributed by atoms with Gasteiger partial charge in [0.25, 0.3) is 0 Å². The molecule has 0 atom stereocenters.